The maximum Gasteiger partial charge on any atom is 0.416 e. The molecule has 1 aliphatic heterocycles. The van der Waals surface area contributed by atoms with Gasteiger partial charge >= 0.3 is 12.1 Å². The van der Waals surface area contributed by atoms with Crippen molar-refractivity contribution in [3.63, 3.8) is 0 Å². The van der Waals surface area contributed by atoms with Crippen molar-refractivity contribution in [3.8, 4) is 11.1 Å². The summed E-state index contributed by atoms with van der Waals surface area (Å²) in [5.74, 6) is -1.64. The Bertz CT molecular complexity index is 861. The number of hydrogen-bond acceptors (Lipinski definition) is 2. The van der Waals surface area contributed by atoms with E-state index >= 15 is 0 Å². The number of benzene rings is 2. The summed E-state index contributed by atoms with van der Waals surface area (Å²) in [7, 11) is 0. The molecule has 2 N–H and O–H groups in total. The number of fused-ring (bicyclic) bond motifs is 1. The molecule has 2 aromatic rings. The van der Waals surface area contributed by atoms with Crippen molar-refractivity contribution in [1.82, 2.24) is 0 Å². The van der Waals surface area contributed by atoms with Crippen molar-refractivity contribution in [2.75, 3.05) is 5.32 Å². The summed E-state index contributed by atoms with van der Waals surface area (Å²) in [5.41, 5.74) is 1.64. The molecule has 3 rings (SSSR count). The molecule has 2 aromatic carbocycles. The van der Waals surface area contributed by atoms with Gasteiger partial charge in [0.2, 0.25) is 5.91 Å². The first-order valence-corrected chi connectivity index (χ1v) is 8.07. The molecule has 136 valence electrons. The number of rotatable bonds is 4. The topological polar surface area (TPSA) is 66.4 Å². The van der Waals surface area contributed by atoms with E-state index in [-0.39, 0.29) is 18.7 Å². The van der Waals surface area contributed by atoms with E-state index in [2.05, 4.69) is 5.32 Å². The number of carboxylic acids is 1. The van der Waals surface area contributed by atoms with E-state index in [4.69, 9.17) is 5.11 Å². The summed E-state index contributed by atoms with van der Waals surface area (Å²) in [6, 6.07) is 10.1. The largest absolute Gasteiger partial charge is 0.481 e. The van der Waals surface area contributed by atoms with Gasteiger partial charge in [0.25, 0.3) is 0 Å². The summed E-state index contributed by atoms with van der Waals surface area (Å²) >= 11 is 0. The summed E-state index contributed by atoms with van der Waals surface area (Å²) < 4.78 is 38.6. The normalized spacial score (nSPS) is 16.7. The number of nitrogens with one attached hydrogen (secondary N) is 1. The molecular formula is C19H16F3NO3. The molecule has 0 radical (unpaired) electrons. The van der Waals surface area contributed by atoms with Crippen LogP contribution in [0.15, 0.2) is 42.5 Å². The monoisotopic (exact) mass is 363 g/mol. The zero-order valence-electron chi connectivity index (χ0n) is 13.6. The van der Waals surface area contributed by atoms with Crippen molar-refractivity contribution in [2.45, 2.75) is 25.4 Å². The zero-order chi connectivity index (χ0) is 18.9. The Hall–Kier alpha value is -2.83. The highest BCUT2D eigenvalue weighted by Crippen LogP contribution is 2.35. The second-order valence-corrected chi connectivity index (χ2v) is 6.27. The van der Waals surface area contributed by atoms with E-state index in [1.165, 1.54) is 6.07 Å². The van der Waals surface area contributed by atoms with Crippen LogP contribution in [0.2, 0.25) is 0 Å². The number of alkyl halides is 3. The lowest BCUT2D eigenvalue weighted by Gasteiger charge is -2.25. The van der Waals surface area contributed by atoms with Crippen LogP contribution in [0, 0.1) is 5.92 Å². The van der Waals surface area contributed by atoms with Gasteiger partial charge in [-0.25, -0.2) is 0 Å². The van der Waals surface area contributed by atoms with Crippen LogP contribution in [0.4, 0.5) is 18.9 Å². The lowest BCUT2D eigenvalue weighted by molar-refractivity contribution is -0.138. The third-order valence-corrected chi connectivity index (χ3v) is 4.43. The minimum Gasteiger partial charge on any atom is -0.481 e. The van der Waals surface area contributed by atoms with Crippen LogP contribution < -0.4 is 5.32 Å². The molecule has 0 aliphatic carbocycles. The third-order valence-electron chi connectivity index (χ3n) is 4.43. The number of carbonyl (C=O) groups is 2. The maximum absolute atomic E-state index is 12.9. The number of anilines is 1. The predicted molar refractivity (Wildman–Crippen MR) is 89.6 cm³/mol. The van der Waals surface area contributed by atoms with Gasteiger partial charge in [0.05, 0.1) is 5.56 Å². The van der Waals surface area contributed by atoms with Gasteiger partial charge in [-0.1, -0.05) is 24.3 Å². The Balaban J connectivity index is 1.86. The Kier molecular flexibility index (Phi) is 4.71. The Labute approximate surface area is 147 Å². The number of hydrogen-bond donors (Lipinski definition) is 2. The Morgan fingerprint density at radius 2 is 1.88 bits per heavy atom. The molecule has 0 saturated carbocycles. The van der Waals surface area contributed by atoms with E-state index in [0.717, 1.165) is 17.7 Å². The van der Waals surface area contributed by atoms with Crippen LogP contribution in [-0.4, -0.2) is 17.0 Å². The molecule has 0 fully saturated rings. The van der Waals surface area contributed by atoms with Crippen LogP contribution in [0.1, 0.15) is 24.0 Å². The van der Waals surface area contributed by atoms with Crippen molar-refractivity contribution in [1.29, 1.82) is 0 Å². The molecule has 0 spiro atoms. The molecule has 0 saturated heterocycles. The molecule has 0 bridgehead atoms. The molecule has 1 aliphatic rings. The van der Waals surface area contributed by atoms with Gasteiger partial charge in [-0.3, -0.25) is 9.59 Å². The predicted octanol–water partition coefficient (Wildman–Crippen LogP) is 4.35. The molecule has 4 nitrogen and oxygen atoms in total. The smallest absolute Gasteiger partial charge is 0.416 e. The second kappa shape index (κ2) is 6.82. The first-order valence-electron chi connectivity index (χ1n) is 8.07. The Morgan fingerprint density at radius 3 is 2.58 bits per heavy atom. The molecule has 7 heteroatoms. The highest BCUT2D eigenvalue weighted by Gasteiger charge is 2.31. The number of amides is 1. The van der Waals surface area contributed by atoms with E-state index in [9.17, 15) is 22.8 Å². The fraction of sp³-hybridized carbons (Fsp3) is 0.263. The van der Waals surface area contributed by atoms with E-state index in [1.54, 1.807) is 24.3 Å². The number of aliphatic carboxylic acids is 1. The zero-order valence-corrected chi connectivity index (χ0v) is 13.6. The number of halogens is 3. The first-order chi connectivity index (χ1) is 12.2. The van der Waals surface area contributed by atoms with E-state index < -0.39 is 23.6 Å². The number of carboxylic acid groups (broad SMARTS) is 1. The highest BCUT2D eigenvalue weighted by atomic mass is 19.4. The average Bonchev–Trinajstić information content (AvgIpc) is 2.58. The molecule has 26 heavy (non-hydrogen) atoms. The van der Waals surface area contributed by atoms with Crippen LogP contribution in [0.5, 0.6) is 0 Å². The molecule has 0 aromatic heterocycles. The van der Waals surface area contributed by atoms with Gasteiger partial charge in [-0.2, -0.15) is 13.2 Å². The van der Waals surface area contributed by atoms with Gasteiger partial charge in [0, 0.05) is 18.0 Å². The summed E-state index contributed by atoms with van der Waals surface area (Å²) in [5, 5.41) is 11.5. The fourth-order valence-corrected chi connectivity index (χ4v) is 3.05. The fourth-order valence-electron chi connectivity index (χ4n) is 3.05. The Morgan fingerprint density at radius 1 is 1.15 bits per heavy atom. The maximum atomic E-state index is 12.9. The van der Waals surface area contributed by atoms with Gasteiger partial charge in [0.1, 0.15) is 0 Å². The molecular weight excluding hydrogens is 347 g/mol. The summed E-state index contributed by atoms with van der Waals surface area (Å²) in [6.45, 7) is 0. The quantitative estimate of drug-likeness (QED) is 0.849. The third kappa shape index (κ3) is 3.87. The van der Waals surface area contributed by atoms with Gasteiger partial charge in [-0.05, 0) is 47.7 Å². The van der Waals surface area contributed by atoms with Gasteiger partial charge in [0.15, 0.2) is 0 Å². The minimum absolute atomic E-state index is 0.0876. The lowest BCUT2D eigenvalue weighted by Crippen LogP contribution is -2.30. The van der Waals surface area contributed by atoms with Crippen molar-refractivity contribution in [3.05, 3.63) is 53.6 Å². The molecule has 1 atom stereocenters. The van der Waals surface area contributed by atoms with Crippen LogP contribution in [0.3, 0.4) is 0 Å². The van der Waals surface area contributed by atoms with Gasteiger partial charge < -0.3 is 10.4 Å². The minimum atomic E-state index is -4.42. The molecule has 1 heterocycles. The SMILES string of the molecule is O=C(O)CCC1Cc2ccc(-c3cccc(C(F)(F)F)c3)cc2NC1=O. The van der Waals surface area contributed by atoms with Crippen molar-refractivity contribution < 1.29 is 27.9 Å². The summed E-state index contributed by atoms with van der Waals surface area (Å²) in [4.78, 5) is 22.8. The van der Waals surface area contributed by atoms with E-state index in [0.29, 0.717) is 23.2 Å². The van der Waals surface area contributed by atoms with Crippen LogP contribution >= 0.6 is 0 Å². The van der Waals surface area contributed by atoms with Crippen molar-refractivity contribution in [2.24, 2.45) is 5.92 Å². The van der Waals surface area contributed by atoms with E-state index in [1.807, 2.05) is 0 Å². The standard InChI is InChI=1S/C19H16F3NO3/c20-19(21,22)15-3-1-2-11(9-15)12-4-5-13-8-14(6-7-17(24)25)18(26)23-16(13)10-12/h1-5,9-10,14H,6-8H2,(H,23,26)(H,24,25). The number of carbonyl (C=O) groups excluding carboxylic acids is 1. The van der Waals surface area contributed by atoms with Crippen LogP contribution in [0.25, 0.3) is 11.1 Å². The van der Waals surface area contributed by atoms with Gasteiger partial charge in [-0.15, -0.1) is 0 Å². The molecule has 1 unspecified atom stereocenters. The first kappa shape index (κ1) is 18.0. The van der Waals surface area contributed by atoms with Crippen molar-refractivity contribution >= 4 is 17.6 Å². The average molecular weight is 363 g/mol. The highest BCUT2D eigenvalue weighted by molar-refractivity contribution is 5.96. The second-order valence-electron chi connectivity index (χ2n) is 6.27. The summed E-state index contributed by atoms with van der Waals surface area (Å²) in [6.07, 6.45) is -3.85. The molecule has 1 amide bonds. The lowest BCUT2D eigenvalue weighted by atomic mass is 9.88. The van der Waals surface area contributed by atoms with Crippen LogP contribution in [-0.2, 0) is 22.2 Å².